The summed E-state index contributed by atoms with van der Waals surface area (Å²) in [6, 6.07) is 14.8. The molecule has 2 aromatic rings. The average Bonchev–Trinajstić information content (AvgIpc) is 2.87. The maximum Gasteiger partial charge on any atom is 0.491 e. The monoisotopic (exact) mass is 264 g/mol. The SMILES string of the molecule is O=C(/C=C/c1ccc2c(c1)B(O)OC2)c1ccccc1. The zero-order valence-electron chi connectivity index (χ0n) is 10.8. The second kappa shape index (κ2) is 5.45. The lowest BCUT2D eigenvalue weighted by molar-refractivity contribution is 0.104. The van der Waals surface area contributed by atoms with Crippen molar-refractivity contribution in [3.05, 3.63) is 71.3 Å². The fourth-order valence-electron chi connectivity index (χ4n) is 2.21. The molecule has 0 unspecified atom stereocenters. The van der Waals surface area contributed by atoms with Gasteiger partial charge in [0.2, 0.25) is 0 Å². The van der Waals surface area contributed by atoms with Crippen molar-refractivity contribution in [1.29, 1.82) is 0 Å². The Morgan fingerprint density at radius 3 is 2.80 bits per heavy atom. The Kier molecular flexibility index (Phi) is 3.50. The number of hydrogen-bond donors (Lipinski definition) is 1. The molecule has 20 heavy (non-hydrogen) atoms. The summed E-state index contributed by atoms with van der Waals surface area (Å²) in [6.07, 6.45) is 3.29. The van der Waals surface area contributed by atoms with E-state index in [1.54, 1.807) is 24.3 Å². The molecule has 1 aliphatic heterocycles. The van der Waals surface area contributed by atoms with E-state index >= 15 is 0 Å². The average molecular weight is 264 g/mol. The van der Waals surface area contributed by atoms with Crippen LogP contribution in [-0.4, -0.2) is 17.9 Å². The van der Waals surface area contributed by atoms with Gasteiger partial charge in [-0.15, -0.1) is 0 Å². The number of rotatable bonds is 3. The van der Waals surface area contributed by atoms with Crippen LogP contribution in [0.25, 0.3) is 6.08 Å². The fraction of sp³-hybridized carbons (Fsp3) is 0.0625. The number of carbonyl (C=O) groups excluding carboxylic acids is 1. The first kappa shape index (κ1) is 12.8. The molecule has 1 N–H and O–H groups in total. The molecule has 0 amide bonds. The largest absolute Gasteiger partial charge is 0.491 e. The van der Waals surface area contributed by atoms with Crippen LogP contribution in [0.5, 0.6) is 0 Å². The lowest BCUT2D eigenvalue weighted by Gasteiger charge is -2.00. The number of ketones is 1. The fourth-order valence-corrected chi connectivity index (χ4v) is 2.21. The molecule has 3 nitrogen and oxygen atoms in total. The van der Waals surface area contributed by atoms with Crippen LogP contribution < -0.4 is 5.46 Å². The molecule has 0 bridgehead atoms. The second-order valence-corrected chi connectivity index (χ2v) is 4.69. The van der Waals surface area contributed by atoms with Crippen molar-refractivity contribution in [3.63, 3.8) is 0 Å². The zero-order chi connectivity index (χ0) is 13.9. The van der Waals surface area contributed by atoms with Crippen LogP contribution in [0, 0.1) is 0 Å². The lowest BCUT2D eigenvalue weighted by Crippen LogP contribution is -2.28. The highest BCUT2D eigenvalue weighted by molar-refractivity contribution is 6.61. The van der Waals surface area contributed by atoms with E-state index in [0.29, 0.717) is 12.2 Å². The van der Waals surface area contributed by atoms with Crippen molar-refractivity contribution in [1.82, 2.24) is 0 Å². The van der Waals surface area contributed by atoms with Crippen molar-refractivity contribution in [3.8, 4) is 0 Å². The number of hydrogen-bond acceptors (Lipinski definition) is 3. The summed E-state index contributed by atoms with van der Waals surface area (Å²) < 4.78 is 5.14. The Morgan fingerprint density at radius 2 is 2.00 bits per heavy atom. The Balaban J connectivity index is 1.80. The second-order valence-electron chi connectivity index (χ2n) is 4.69. The Bertz CT molecular complexity index is 665. The first-order valence-electron chi connectivity index (χ1n) is 6.44. The van der Waals surface area contributed by atoms with Crippen LogP contribution in [0.15, 0.2) is 54.6 Å². The molecule has 0 saturated carbocycles. The summed E-state index contributed by atoms with van der Waals surface area (Å²) in [5.41, 5.74) is 3.30. The number of carbonyl (C=O) groups is 1. The summed E-state index contributed by atoms with van der Waals surface area (Å²) in [7, 11) is -0.858. The van der Waals surface area contributed by atoms with Crippen LogP contribution in [0.4, 0.5) is 0 Å². The Labute approximate surface area is 117 Å². The van der Waals surface area contributed by atoms with Gasteiger partial charge in [-0.3, -0.25) is 4.79 Å². The molecule has 0 radical (unpaired) electrons. The molecule has 3 rings (SSSR count). The highest BCUT2D eigenvalue weighted by atomic mass is 16.5. The molecule has 0 atom stereocenters. The summed E-state index contributed by atoms with van der Waals surface area (Å²) in [5, 5.41) is 9.65. The Hall–Kier alpha value is -2.17. The number of fused-ring (bicyclic) bond motifs is 1. The van der Waals surface area contributed by atoms with Gasteiger partial charge in [-0.25, -0.2) is 0 Å². The van der Waals surface area contributed by atoms with E-state index in [9.17, 15) is 9.82 Å². The van der Waals surface area contributed by atoms with Crippen molar-refractivity contribution in [2.24, 2.45) is 0 Å². The normalized spacial score (nSPS) is 13.8. The van der Waals surface area contributed by atoms with Gasteiger partial charge >= 0.3 is 7.12 Å². The van der Waals surface area contributed by atoms with Gasteiger partial charge < -0.3 is 9.68 Å². The van der Waals surface area contributed by atoms with Gasteiger partial charge in [0.15, 0.2) is 5.78 Å². The standard InChI is InChI=1S/C16H13BO3/c18-16(13-4-2-1-3-5-13)9-7-12-6-8-14-11-20-17(19)15(14)10-12/h1-10,19H,11H2/b9-7+. The summed E-state index contributed by atoms with van der Waals surface area (Å²) in [4.78, 5) is 12.0. The Morgan fingerprint density at radius 1 is 1.20 bits per heavy atom. The zero-order valence-corrected chi connectivity index (χ0v) is 10.8. The number of allylic oxidation sites excluding steroid dienone is 1. The highest BCUT2D eigenvalue weighted by Crippen LogP contribution is 2.12. The molecule has 0 fully saturated rings. The molecule has 1 heterocycles. The summed E-state index contributed by atoms with van der Waals surface area (Å²) in [6.45, 7) is 0.434. The topological polar surface area (TPSA) is 46.5 Å². The van der Waals surface area contributed by atoms with Crippen molar-refractivity contribution in [2.75, 3.05) is 0 Å². The predicted molar refractivity (Wildman–Crippen MR) is 78.6 cm³/mol. The predicted octanol–water partition coefficient (Wildman–Crippen LogP) is 1.80. The third-order valence-electron chi connectivity index (χ3n) is 3.32. The lowest BCUT2D eigenvalue weighted by atomic mass is 9.79. The van der Waals surface area contributed by atoms with Crippen LogP contribution in [0.3, 0.4) is 0 Å². The molecule has 0 saturated heterocycles. The summed E-state index contributed by atoms with van der Waals surface area (Å²) in [5.74, 6) is -0.0390. The first-order chi connectivity index (χ1) is 9.74. The van der Waals surface area contributed by atoms with Gasteiger partial charge in [0.05, 0.1) is 6.61 Å². The third kappa shape index (κ3) is 2.57. The smallest absolute Gasteiger partial charge is 0.423 e. The van der Waals surface area contributed by atoms with E-state index in [1.165, 1.54) is 0 Å². The van der Waals surface area contributed by atoms with Crippen LogP contribution >= 0.6 is 0 Å². The van der Waals surface area contributed by atoms with Gasteiger partial charge in [-0.2, -0.15) is 0 Å². The van der Waals surface area contributed by atoms with E-state index in [4.69, 9.17) is 4.65 Å². The van der Waals surface area contributed by atoms with Crippen LogP contribution in [-0.2, 0) is 11.3 Å². The molecule has 0 aliphatic carbocycles. The quantitative estimate of drug-likeness (QED) is 0.522. The van der Waals surface area contributed by atoms with Gasteiger partial charge in [-0.05, 0) is 22.7 Å². The van der Waals surface area contributed by atoms with Crippen LogP contribution in [0.2, 0.25) is 0 Å². The molecule has 0 spiro atoms. The molecular formula is C16H13BO3. The molecule has 98 valence electrons. The molecule has 1 aliphatic rings. The van der Waals surface area contributed by atoms with E-state index in [2.05, 4.69) is 0 Å². The van der Waals surface area contributed by atoms with Crippen LogP contribution in [0.1, 0.15) is 21.5 Å². The van der Waals surface area contributed by atoms with Gasteiger partial charge in [0.25, 0.3) is 0 Å². The molecule has 0 aromatic heterocycles. The maximum absolute atomic E-state index is 12.0. The van der Waals surface area contributed by atoms with Gasteiger partial charge in [0, 0.05) is 5.56 Å². The summed E-state index contributed by atoms with van der Waals surface area (Å²) >= 11 is 0. The van der Waals surface area contributed by atoms with E-state index in [-0.39, 0.29) is 5.78 Å². The molecule has 2 aromatic carbocycles. The van der Waals surface area contributed by atoms with Crippen molar-refractivity contribution in [2.45, 2.75) is 6.61 Å². The molecular weight excluding hydrogens is 251 g/mol. The minimum Gasteiger partial charge on any atom is -0.423 e. The van der Waals surface area contributed by atoms with E-state index in [1.807, 2.05) is 36.4 Å². The van der Waals surface area contributed by atoms with Crippen molar-refractivity contribution < 1.29 is 14.5 Å². The highest BCUT2D eigenvalue weighted by Gasteiger charge is 2.26. The van der Waals surface area contributed by atoms with E-state index < -0.39 is 7.12 Å². The minimum atomic E-state index is -0.858. The minimum absolute atomic E-state index is 0.0390. The van der Waals surface area contributed by atoms with Crippen molar-refractivity contribution >= 4 is 24.4 Å². The first-order valence-corrected chi connectivity index (χ1v) is 6.44. The molecule has 4 heteroatoms. The van der Waals surface area contributed by atoms with E-state index in [0.717, 1.165) is 16.6 Å². The van der Waals surface area contributed by atoms with Gasteiger partial charge in [-0.1, -0.05) is 54.6 Å². The van der Waals surface area contributed by atoms with Gasteiger partial charge in [0.1, 0.15) is 0 Å². The number of benzene rings is 2. The third-order valence-corrected chi connectivity index (χ3v) is 3.32. The maximum atomic E-state index is 12.0.